The van der Waals surface area contributed by atoms with Crippen LogP contribution in [0, 0.1) is 6.92 Å². The van der Waals surface area contributed by atoms with Gasteiger partial charge in [-0.05, 0) is 50.8 Å². The fourth-order valence-electron chi connectivity index (χ4n) is 4.09. The number of carbonyl (C=O) groups is 1. The molecule has 2 N–H and O–H groups in total. The van der Waals surface area contributed by atoms with Gasteiger partial charge in [0.15, 0.2) is 5.65 Å². The zero-order chi connectivity index (χ0) is 22.1. The summed E-state index contributed by atoms with van der Waals surface area (Å²) in [5.74, 6) is 0.532. The summed E-state index contributed by atoms with van der Waals surface area (Å²) in [4.78, 5) is 17.4. The van der Waals surface area contributed by atoms with Gasteiger partial charge in [-0.3, -0.25) is 4.79 Å². The molecular weight excluding hydrogens is 406 g/mol. The summed E-state index contributed by atoms with van der Waals surface area (Å²) in [6.45, 7) is 2.03. The normalized spacial score (nSPS) is 16.3. The van der Waals surface area contributed by atoms with Crippen LogP contribution in [0.1, 0.15) is 53.2 Å². The van der Waals surface area contributed by atoms with Gasteiger partial charge in [-0.2, -0.15) is 10.2 Å². The number of benzene rings is 1. The molecule has 0 aliphatic heterocycles. The smallest absolute Gasteiger partial charge is 0.262 e. The van der Waals surface area contributed by atoms with Gasteiger partial charge in [0, 0.05) is 24.4 Å². The van der Waals surface area contributed by atoms with Crippen molar-refractivity contribution in [2.24, 2.45) is 5.16 Å². The van der Waals surface area contributed by atoms with Gasteiger partial charge in [0.05, 0.1) is 23.3 Å². The van der Waals surface area contributed by atoms with Crippen molar-refractivity contribution in [1.29, 1.82) is 0 Å². The van der Waals surface area contributed by atoms with Crippen LogP contribution < -0.4 is 5.32 Å². The molecule has 1 aliphatic carbocycles. The molecule has 1 amide bonds. The van der Waals surface area contributed by atoms with Crippen LogP contribution in [0.4, 0.5) is 5.82 Å². The Balaban J connectivity index is 1.49. The molecule has 0 spiro atoms. The van der Waals surface area contributed by atoms with E-state index in [2.05, 4.69) is 20.6 Å². The molecule has 1 aliphatic rings. The molecule has 0 unspecified atom stereocenters. The Kier molecular flexibility index (Phi) is 5.14. The monoisotopic (exact) mass is 429 g/mol. The number of aryl methyl sites for hydroxylation is 1. The number of amides is 1. The van der Waals surface area contributed by atoms with Crippen molar-refractivity contribution >= 4 is 23.1 Å². The van der Waals surface area contributed by atoms with Crippen LogP contribution in [-0.2, 0) is 0 Å². The lowest BCUT2D eigenvalue weighted by Gasteiger charge is -2.20. The minimum Gasteiger partial charge on any atom is -0.411 e. The third-order valence-electron chi connectivity index (χ3n) is 5.89. The van der Waals surface area contributed by atoms with E-state index in [4.69, 9.17) is 10.3 Å². The number of hydrogen-bond acceptors (Lipinski definition) is 6. The van der Waals surface area contributed by atoms with Gasteiger partial charge in [0.25, 0.3) is 5.91 Å². The molecule has 3 aromatic heterocycles. The van der Waals surface area contributed by atoms with E-state index < -0.39 is 0 Å². The van der Waals surface area contributed by atoms with Crippen molar-refractivity contribution in [3.63, 3.8) is 0 Å². The topological polar surface area (TPSA) is 110 Å². The molecule has 32 heavy (non-hydrogen) atoms. The molecule has 1 saturated carbocycles. The lowest BCUT2D eigenvalue weighted by atomic mass is 9.86. The number of hydrogen-bond donors (Lipinski definition) is 2. The van der Waals surface area contributed by atoms with E-state index in [1.807, 2.05) is 37.3 Å². The first-order chi connectivity index (χ1) is 15.6. The van der Waals surface area contributed by atoms with Crippen LogP contribution in [0.15, 0.2) is 60.1 Å². The molecule has 3 heterocycles. The molecule has 5 rings (SSSR count). The zero-order valence-electron chi connectivity index (χ0n) is 17.6. The number of anilines is 1. The number of fused-ring (bicyclic) bond motifs is 1. The average molecular weight is 429 g/mol. The third-order valence-corrected chi connectivity index (χ3v) is 5.89. The van der Waals surface area contributed by atoms with Crippen LogP contribution in [0.25, 0.3) is 11.3 Å². The van der Waals surface area contributed by atoms with E-state index in [9.17, 15) is 4.79 Å². The summed E-state index contributed by atoms with van der Waals surface area (Å²) < 4.78 is 3.33. The molecular formula is C23H23N7O2. The summed E-state index contributed by atoms with van der Waals surface area (Å²) >= 11 is 0. The molecule has 9 heteroatoms. The Morgan fingerprint density at radius 2 is 2.00 bits per heavy atom. The van der Waals surface area contributed by atoms with Crippen molar-refractivity contribution in [1.82, 2.24) is 24.4 Å². The molecule has 9 nitrogen and oxygen atoms in total. The van der Waals surface area contributed by atoms with Gasteiger partial charge in [-0.1, -0.05) is 22.9 Å². The highest BCUT2D eigenvalue weighted by molar-refractivity contribution is 6.07. The molecule has 0 saturated heterocycles. The van der Waals surface area contributed by atoms with Gasteiger partial charge >= 0.3 is 0 Å². The second kappa shape index (κ2) is 8.26. The Morgan fingerprint density at radius 3 is 2.75 bits per heavy atom. The number of nitrogens with zero attached hydrogens (tertiary/aromatic N) is 6. The summed E-state index contributed by atoms with van der Waals surface area (Å²) in [6.07, 6.45) is 8.10. The van der Waals surface area contributed by atoms with E-state index in [1.165, 1.54) is 6.20 Å². The maximum atomic E-state index is 13.1. The predicted molar refractivity (Wildman–Crippen MR) is 120 cm³/mol. The van der Waals surface area contributed by atoms with Crippen LogP contribution in [0.2, 0.25) is 0 Å². The molecule has 1 aromatic carbocycles. The molecule has 4 aromatic rings. The molecule has 0 atom stereocenters. The number of carbonyl (C=O) groups excluding carboxylic acids is 1. The van der Waals surface area contributed by atoms with E-state index in [0.717, 1.165) is 48.3 Å². The van der Waals surface area contributed by atoms with Crippen molar-refractivity contribution in [3.8, 4) is 5.69 Å². The Labute approximate surface area is 184 Å². The predicted octanol–water partition coefficient (Wildman–Crippen LogP) is 3.96. The first kappa shape index (κ1) is 19.9. The number of nitrogens with one attached hydrogen (secondary N) is 1. The highest BCUT2D eigenvalue weighted by atomic mass is 16.4. The standard InChI is InChI=1S/C23H23N7O2/c1-15-3-9-18(10-4-15)30-21(13-20(27-30)16-5-7-17(28-32)8-6-16)26-23(31)19-14-25-29-12-2-11-24-22(19)29/h2-4,9-14,16,32H,5-8H2,1H3,(H,26,31). The minimum absolute atomic E-state index is 0.237. The van der Waals surface area contributed by atoms with Crippen LogP contribution >= 0.6 is 0 Å². The van der Waals surface area contributed by atoms with Crippen LogP contribution in [0.5, 0.6) is 0 Å². The Bertz CT molecular complexity index is 1290. The Hall–Kier alpha value is -4.01. The number of aromatic nitrogens is 5. The SMILES string of the molecule is Cc1ccc(-n2nc(C3CCC(=NO)CC3)cc2NC(=O)c2cnn3cccnc23)cc1. The third kappa shape index (κ3) is 3.73. The lowest BCUT2D eigenvalue weighted by molar-refractivity contribution is 0.102. The van der Waals surface area contributed by atoms with E-state index >= 15 is 0 Å². The van der Waals surface area contributed by atoms with Crippen molar-refractivity contribution in [3.05, 3.63) is 71.8 Å². The average Bonchev–Trinajstić information content (AvgIpc) is 3.44. The lowest BCUT2D eigenvalue weighted by Crippen LogP contribution is -2.15. The van der Waals surface area contributed by atoms with E-state index in [1.54, 1.807) is 27.7 Å². The fourth-order valence-corrected chi connectivity index (χ4v) is 4.09. The molecule has 162 valence electrons. The van der Waals surface area contributed by atoms with Crippen LogP contribution in [-0.4, -0.2) is 41.2 Å². The molecule has 0 radical (unpaired) electrons. The Morgan fingerprint density at radius 1 is 1.22 bits per heavy atom. The van der Waals surface area contributed by atoms with Crippen LogP contribution in [0.3, 0.4) is 0 Å². The molecule has 0 bridgehead atoms. The minimum atomic E-state index is -0.295. The van der Waals surface area contributed by atoms with Gasteiger partial charge in [0.1, 0.15) is 11.4 Å². The van der Waals surface area contributed by atoms with Crippen molar-refractivity contribution in [2.45, 2.75) is 38.5 Å². The van der Waals surface area contributed by atoms with Crippen molar-refractivity contribution in [2.75, 3.05) is 5.32 Å². The maximum absolute atomic E-state index is 13.1. The first-order valence-electron chi connectivity index (χ1n) is 10.6. The summed E-state index contributed by atoms with van der Waals surface area (Å²) in [5, 5.41) is 24.5. The first-order valence-corrected chi connectivity index (χ1v) is 10.6. The van der Waals surface area contributed by atoms with E-state index in [-0.39, 0.29) is 11.8 Å². The number of rotatable bonds is 4. The van der Waals surface area contributed by atoms with Gasteiger partial charge in [0.2, 0.25) is 0 Å². The highest BCUT2D eigenvalue weighted by Crippen LogP contribution is 2.33. The molecule has 1 fully saturated rings. The second-order valence-electron chi connectivity index (χ2n) is 8.04. The van der Waals surface area contributed by atoms with E-state index in [0.29, 0.717) is 17.0 Å². The van der Waals surface area contributed by atoms with Gasteiger partial charge < -0.3 is 10.5 Å². The number of oxime groups is 1. The van der Waals surface area contributed by atoms with Crippen molar-refractivity contribution < 1.29 is 10.0 Å². The summed E-state index contributed by atoms with van der Waals surface area (Å²) in [6, 6.07) is 11.7. The zero-order valence-corrected chi connectivity index (χ0v) is 17.6. The second-order valence-corrected chi connectivity index (χ2v) is 8.04. The largest absolute Gasteiger partial charge is 0.411 e. The highest BCUT2D eigenvalue weighted by Gasteiger charge is 2.24. The quantitative estimate of drug-likeness (QED) is 0.377. The summed E-state index contributed by atoms with van der Waals surface area (Å²) in [7, 11) is 0. The maximum Gasteiger partial charge on any atom is 0.262 e. The van der Waals surface area contributed by atoms with Gasteiger partial charge in [-0.15, -0.1) is 0 Å². The van der Waals surface area contributed by atoms with Gasteiger partial charge in [-0.25, -0.2) is 14.2 Å². The summed E-state index contributed by atoms with van der Waals surface area (Å²) in [5.41, 5.74) is 4.64. The fraction of sp³-hybridized carbons (Fsp3) is 0.261.